The highest BCUT2D eigenvalue weighted by Crippen LogP contribution is 2.36. The van der Waals surface area contributed by atoms with Crippen molar-refractivity contribution in [1.82, 2.24) is 9.97 Å². The fourth-order valence-corrected chi connectivity index (χ4v) is 3.57. The number of aromatic nitrogens is 2. The van der Waals surface area contributed by atoms with Crippen molar-refractivity contribution in [2.24, 2.45) is 0 Å². The summed E-state index contributed by atoms with van der Waals surface area (Å²) >= 11 is 1.38. The minimum Gasteiger partial charge on any atom is -0.465 e. The molecule has 100 valence electrons. The van der Waals surface area contributed by atoms with Crippen molar-refractivity contribution < 1.29 is 9.53 Å². The van der Waals surface area contributed by atoms with Crippen LogP contribution in [0.25, 0.3) is 10.2 Å². The van der Waals surface area contributed by atoms with Gasteiger partial charge in [-0.05, 0) is 25.3 Å². The highest BCUT2D eigenvalue weighted by atomic mass is 32.1. The lowest BCUT2D eigenvalue weighted by Gasteiger charge is -2.17. The molecule has 19 heavy (non-hydrogen) atoms. The van der Waals surface area contributed by atoms with E-state index in [2.05, 4.69) is 14.9 Å². The minimum absolute atomic E-state index is 0.298. The van der Waals surface area contributed by atoms with Crippen molar-refractivity contribution in [3.63, 3.8) is 0 Å². The number of esters is 1. The predicted octanol–water partition coefficient (Wildman–Crippen LogP) is 2.39. The summed E-state index contributed by atoms with van der Waals surface area (Å²) in [4.78, 5) is 24.2. The van der Waals surface area contributed by atoms with Gasteiger partial charge in [0.05, 0.1) is 12.5 Å². The fraction of sp³-hybridized carbons (Fsp3) is 0.462. The molecule has 1 saturated heterocycles. The number of methoxy groups -OCH3 is 1. The Morgan fingerprint density at radius 2 is 2.11 bits per heavy atom. The van der Waals surface area contributed by atoms with Gasteiger partial charge in [0.2, 0.25) is 0 Å². The molecule has 0 aliphatic carbocycles. The summed E-state index contributed by atoms with van der Waals surface area (Å²) < 4.78 is 4.82. The predicted molar refractivity (Wildman–Crippen MR) is 74.9 cm³/mol. The summed E-state index contributed by atoms with van der Waals surface area (Å²) in [6, 6.07) is 0. The van der Waals surface area contributed by atoms with Gasteiger partial charge in [0.25, 0.3) is 0 Å². The van der Waals surface area contributed by atoms with Crippen molar-refractivity contribution in [3.8, 4) is 0 Å². The third kappa shape index (κ3) is 1.96. The van der Waals surface area contributed by atoms with Crippen LogP contribution in [0.5, 0.6) is 0 Å². The van der Waals surface area contributed by atoms with Gasteiger partial charge in [-0.15, -0.1) is 11.3 Å². The molecular weight excluding hydrogens is 262 g/mol. The maximum Gasteiger partial charge on any atom is 0.348 e. The van der Waals surface area contributed by atoms with Crippen molar-refractivity contribution in [1.29, 1.82) is 0 Å². The van der Waals surface area contributed by atoms with Gasteiger partial charge in [0.15, 0.2) is 0 Å². The van der Waals surface area contributed by atoms with E-state index in [4.69, 9.17) is 4.74 Å². The van der Waals surface area contributed by atoms with E-state index in [0.29, 0.717) is 4.88 Å². The molecule has 0 N–H and O–H groups in total. The van der Waals surface area contributed by atoms with Gasteiger partial charge in [-0.25, -0.2) is 14.8 Å². The Labute approximate surface area is 115 Å². The Morgan fingerprint density at radius 3 is 2.79 bits per heavy atom. The second-order valence-corrected chi connectivity index (χ2v) is 5.62. The zero-order chi connectivity index (χ0) is 13.4. The molecule has 0 bridgehead atoms. The van der Waals surface area contributed by atoms with Crippen LogP contribution in [0, 0.1) is 6.92 Å². The topological polar surface area (TPSA) is 55.3 Å². The van der Waals surface area contributed by atoms with E-state index < -0.39 is 0 Å². The van der Waals surface area contributed by atoms with Gasteiger partial charge in [0, 0.05) is 13.1 Å². The van der Waals surface area contributed by atoms with Crippen LogP contribution in [0.15, 0.2) is 6.33 Å². The molecule has 0 spiro atoms. The SMILES string of the molecule is COC(=O)c1sc2ncnc(N3CCCC3)c2c1C. The number of thiophene rings is 1. The lowest BCUT2D eigenvalue weighted by atomic mass is 10.2. The van der Waals surface area contributed by atoms with E-state index in [1.807, 2.05) is 6.92 Å². The van der Waals surface area contributed by atoms with Crippen LogP contribution in [0.1, 0.15) is 28.1 Å². The van der Waals surface area contributed by atoms with E-state index in [1.165, 1.54) is 31.3 Å². The number of carbonyl (C=O) groups excluding carboxylic acids is 1. The van der Waals surface area contributed by atoms with Crippen molar-refractivity contribution in [3.05, 3.63) is 16.8 Å². The summed E-state index contributed by atoms with van der Waals surface area (Å²) in [6.45, 7) is 3.98. The summed E-state index contributed by atoms with van der Waals surface area (Å²) in [5.74, 6) is 0.652. The lowest BCUT2D eigenvalue weighted by molar-refractivity contribution is 0.0605. The Balaban J connectivity index is 2.18. The van der Waals surface area contributed by atoms with Gasteiger partial charge in [-0.2, -0.15) is 0 Å². The van der Waals surface area contributed by atoms with Crippen molar-refractivity contribution >= 4 is 33.3 Å². The number of hydrogen-bond acceptors (Lipinski definition) is 6. The minimum atomic E-state index is -0.298. The highest BCUT2D eigenvalue weighted by molar-refractivity contribution is 7.20. The molecule has 5 nitrogen and oxygen atoms in total. The molecule has 2 aromatic heterocycles. The normalized spacial score (nSPS) is 15.2. The maximum atomic E-state index is 11.8. The van der Waals surface area contributed by atoms with E-state index in [1.54, 1.807) is 6.33 Å². The second-order valence-electron chi connectivity index (χ2n) is 4.62. The number of nitrogens with zero attached hydrogens (tertiary/aromatic N) is 3. The fourth-order valence-electron chi connectivity index (χ4n) is 2.51. The summed E-state index contributed by atoms with van der Waals surface area (Å²) in [7, 11) is 1.40. The van der Waals surface area contributed by atoms with Crippen LogP contribution >= 0.6 is 11.3 Å². The first kappa shape index (κ1) is 12.3. The number of fused-ring (bicyclic) bond motifs is 1. The molecule has 2 aromatic rings. The average molecular weight is 277 g/mol. The van der Waals surface area contributed by atoms with E-state index in [9.17, 15) is 4.79 Å². The van der Waals surface area contributed by atoms with Crippen LogP contribution < -0.4 is 4.90 Å². The third-order valence-corrected chi connectivity index (χ3v) is 4.66. The molecule has 6 heteroatoms. The first-order valence-corrected chi connectivity index (χ1v) is 7.11. The Morgan fingerprint density at radius 1 is 1.37 bits per heavy atom. The largest absolute Gasteiger partial charge is 0.465 e. The van der Waals surface area contributed by atoms with E-state index >= 15 is 0 Å². The van der Waals surface area contributed by atoms with Crippen LogP contribution in [-0.2, 0) is 4.74 Å². The molecule has 0 unspecified atom stereocenters. The van der Waals surface area contributed by atoms with Crippen LogP contribution in [0.3, 0.4) is 0 Å². The number of anilines is 1. The smallest absolute Gasteiger partial charge is 0.348 e. The van der Waals surface area contributed by atoms with Gasteiger partial charge in [0.1, 0.15) is 21.9 Å². The molecule has 0 amide bonds. The standard InChI is InChI=1S/C13H15N3O2S/c1-8-9-11(16-5-3-4-6-16)14-7-15-12(9)19-10(8)13(17)18-2/h7H,3-6H2,1-2H3. The van der Waals surface area contributed by atoms with Crippen LogP contribution in [0.2, 0.25) is 0 Å². The lowest BCUT2D eigenvalue weighted by Crippen LogP contribution is -2.19. The molecule has 0 radical (unpaired) electrons. The number of carbonyl (C=O) groups is 1. The third-order valence-electron chi connectivity index (χ3n) is 3.48. The Bertz CT molecular complexity index is 632. The average Bonchev–Trinajstić information content (AvgIpc) is 3.06. The summed E-state index contributed by atoms with van der Waals surface area (Å²) in [5.41, 5.74) is 0.925. The van der Waals surface area contributed by atoms with Crippen molar-refractivity contribution in [2.75, 3.05) is 25.1 Å². The molecule has 1 aliphatic rings. The first-order chi connectivity index (χ1) is 9.22. The molecule has 3 rings (SSSR count). The molecule has 0 atom stereocenters. The second kappa shape index (κ2) is 4.77. The van der Waals surface area contributed by atoms with Gasteiger partial charge in [-0.1, -0.05) is 0 Å². The Hall–Kier alpha value is -1.69. The maximum absolute atomic E-state index is 11.8. The first-order valence-electron chi connectivity index (χ1n) is 6.29. The molecular formula is C13H15N3O2S. The van der Waals surface area contributed by atoms with Gasteiger partial charge < -0.3 is 9.64 Å². The summed E-state index contributed by atoms with van der Waals surface area (Å²) in [6.07, 6.45) is 3.96. The highest BCUT2D eigenvalue weighted by Gasteiger charge is 2.23. The molecule has 0 saturated carbocycles. The van der Waals surface area contributed by atoms with Gasteiger partial charge >= 0.3 is 5.97 Å². The quantitative estimate of drug-likeness (QED) is 0.789. The Kier molecular flexibility index (Phi) is 3.10. The molecule has 1 fully saturated rings. The molecule has 3 heterocycles. The van der Waals surface area contributed by atoms with E-state index in [0.717, 1.165) is 34.7 Å². The molecule has 0 aromatic carbocycles. The zero-order valence-corrected chi connectivity index (χ0v) is 11.8. The van der Waals surface area contributed by atoms with Crippen molar-refractivity contribution in [2.45, 2.75) is 19.8 Å². The monoisotopic (exact) mass is 277 g/mol. The zero-order valence-electron chi connectivity index (χ0n) is 11.0. The summed E-state index contributed by atoms with van der Waals surface area (Å²) in [5, 5.41) is 0.995. The van der Waals surface area contributed by atoms with Crippen LogP contribution in [-0.4, -0.2) is 36.1 Å². The van der Waals surface area contributed by atoms with Gasteiger partial charge in [-0.3, -0.25) is 0 Å². The molecule has 1 aliphatic heterocycles. The van der Waals surface area contributed by atoms with E-state index in [-0.39, 0.29) is 5.97 Å². The number of rotatable bonds is 2. The number of hydrogen-bond donors (Lipinski definition) is 0. The van der Waals surface area contributed by atoms with Crippen LogP contribution in [0.4, 0.5) is 5.82 Å². The number of aryl methyl sites for hydroxylation is 1. The number of ether oxygens (including phenoxy) is 1.